The number of aromatic nitrogens is 9. The van der Waals surface area contributed by atoms with Gasteiger partial charge in [-0.25, -0.2) is 19.4 Å². The van der Waals surface area contributed by atoms with E-state index in [1.807, 2.05) is 57.9 Å². The molecule has 1 aromatic carbocycles. The van der Waals surface area contributed by atoms with Gasteiger partial charge in [0.15, 0.2) is 5.82 Å². The minimum Gasteiger partial charge on any atom is -0.316 e. The second-order valence-corrected chi connectivity index (χ2v) is 9.60. The van der Waals surface area contributed by atoms with Crippen molar-refractivity contribution in [3.8, 4) is 28.5 Å². The quantitative estimate of drug-likeness (QED) is 0.311. The topological polar surface area (TPSA) is 112 Å². The normalized spacial score (nSPS) is 11.5. The zero-order valence-corrected chi connectivity index (χ0v) is 21.4. The average Bonchev–Trinajstić information content (AvgIpc) is 3.65. The van der Waals surface area contributed by atoms with Crippen LogP contribution in [-0.4, -0.2) is 44.3 Å². The first kappa shape index (κ1) is 24.4. The van der Waals surface area contributed by atoms with Crippen LogP contribution in [0.4, 0.5) is 0 Å². The summed E-state index contributed by atoms with van der Waals surface area (Å²) in [6, 6.07) is 12.0. The molecule has 5 rings (SSSR count). The molecule has 0 spiro atoms. The van der Waals surface area contributed by atoms with Gasteiger partial charge in [0.05, 0.1) is 12.2 Å². The van der Waals surface area contributed by atoms with E-state index in [2.05, 4.69) is 51.4 Å². The molecule has 0 saturated carbocycles. The monoisotopic (exact) mass is 497 g/mol. The molecule has 0 aliphatic carbocycles. The molecule has 5 aromatic rings. The zero-order chi connectivity index (χ0) is 25.8. The molecule has 0 radical (unpaired) electrons. The second kappa shape index (κ2) is 10.7. The summed E-state index contributed by atoms with van der Waals surface area (Å²) in [6.07, 6.45) is 10.3. The van der Waals surface area contributed by atoms with Crippen LogP contribution in [0.1, 0.15) is 45.0 Å². The van der Waals surface area contributed by atoms with Gasteiger partial charge in [0.25, 0.3) is 0 Å². The number of tetrazole rings is 1. The van der Waals surface area contributed by atoms with Crippen molar-refractivity contribution in [1.82, 2.24) is 44.3 Å². The Morgan fingerprint density at radius 2 is 1.86 bits per heavy atom. The van der Waals surface area contributed by atoms with Crippen molar-refractivity contribution in [2.45, 2.75) is 53.1 Å². The van der Waals surface area contributed by atoms with Gasteiger partial charge in [-0.2, -0.15) is 0 Å². The number of hydrogen-bond acceptors (Lipinski definition) is 6. The Balaban J connectivity index is 1.49. The number of H-pyrrole nitrogens is 1. The fourth-order valence-electron chi connectivity index (χ4n) is 4.49. The number of nitrogens with one attached hydrogen (secondary N) is 1. The SMILES string of the molecule is CCCCc1cn(-c2nccn2CC(C)C)c(=O)n1Cc1cc(-c2cccc(-c3nnn[nH]3)c2)ccn1. The van der Waals surface area contributed by atoms with Crippen molar-refractivity contribution >= 4 is 0 Å². The van der Waals surface area contributed by atoms with Crippen LogP contribution in [0.3, 0.4) is 0 Å². The van der Waals surface area contributed by atoms with Crippen molar-refractivity contribution in [2.75, 3.05) is 0 Å². The predicted molar refractivity (Wildman–Crippen MR) is 141 cm³/mol. The Kier molecular flexibility index (Phi) is 7.07. The molecule has 0 fully saturated rings. The van der Waals surface area contributed by atoms with E-state index in [0.717, 1.165) is 53.9 Å². The van der Waals surface area contributed by atoms with Crippen molar-refractivity contribution in [2.24, 2.45) is 5.92 Å². The lowest BCUT2D eigenvalue weighted by molar-refractivity contribution is 0.513. The van der Waals surface area contributed by atoms with E-state index in [1.165, 1.54) is 0 Å². The van der Waals surface area contributed by atoms with Gasteiger partial charge in [0.2, 0.25) is 5.95 Å². The molecule has 0 aliphatic rings. The number of benzene rings is 1. The summed E-state index contributed by atoms with van der Waals surface area (Å²) in [5.41, 5.74) is 4.62. The first-order chi connectivity index (χ1) is 18.0. The summed E-state index contributed by atoms with van der Waals surface area (Å²) in [5.74, 6) is 1.70. The highest BCUT2D eigenvalue weighted by molar-refractivity contribution is 5.70. The van der Waals surface area contributed by atoms with Crippen molar-refractivity contribution < 1.29 is 0 Å². The zero-order valence-electron chi connectivity index (χ0n) is 21.4. The fraction of sp³-hybridized carbons (Fsp3) is 0.333. The van der Waals surface area contributed by atoms with Crippen molar-refractivity contribution in [3.63, 3.8) is 0 Å². The van der Waals surface area contributed by atoms with Crippen LogP contribution < -0.4 is 5.69 Å². The smallest absolute Gasteiger partial charge is 0.316 e. The van der Waals surface area contributed by atoms with Crippen molar-refractivity contribution in [1.29, 1.82) is 0 Å². The summed E-state index contributed by atoms with van der Waals surface area (Å²) >= 11 is 0. The molecule has 1 N–H and O–H groups in total. The molecular formula is C27H31N9O. The van der Waals surface area contributed by atoms with Crippen LogP contribution in [-0.2, 0) is 19.5 Å². The average molecular weight is 498 g/mol. The van der Waals surface area contributed by atoms with E-state index in [9.17, 15) is 4.79 Å². The van der Waals surface area contributed by atoms with Gasteiger partial charge in [-0.3, -0.25) is 9.55 Å². The number of nitrogens with zero attached hydrogens (tertiary/aromatic N) is 8. The molecule has 10 nitrogen and oxygen atoms in total. The fourth-order valence-corrected chi connectivity index (χ4v) is 4.49. The lowest BCUT2D eigenvalue weighted by Gasteiger charge is -2.10. The molecule has 0 aliphatic heterocycles. The Labute approximate surface area is 215 Å². The minimum atomic E-state index is -0.102. The van der Waals surface area contributed by atoms with E-state index in [0.29, 0.717) is 24.2 Å². The van der Waals surface area contributed by atoms with Gasteiger partial charge < -0.3 is 4.57 Å². The Hall–Kier alpha value is -4.34. The van der Waals surface area contributed by atoms with Gasteiger partial charge in [-0.15, -0.1) is 5.10 Å². The summed E-state index contributed by atoms with van der Waals surface area (Å²) in [7, 11) is 0. The van der Waals surface area contributed by atoms with Crippen LogP contribution in [0.25, 0.3) is 28.5 Å². The third-order valence-electron chi connectivity index (χ3n) is 6.27. The van der Waals surface area contributed by atoms with Crippen molar-refractivity contribution in [3.05, 3.63) is 83.1 Å². The Morgan fingerprint density at radius 3 is 2.65 bits per heavy atom. The molecule has 4 heterocycles. The van der Waals surface area contributed by atoms with Gasteiger partial charge >= 0.3 is 5.69 Å². The summed E-state index contributed by atoms with van der Waals surface area (Å²) in [6.45, 7) is 7.64. The minimum absolute atomic E-state index is 0.102. The molecular weight excluding hydrogens is 466 g/mol. The van der Waals surface area contributed by atoms with Gasteiger partial charge in [-0.1, -0.05) is 45.4 Å². The van der Waals surface area contributed by atoms with Crippen LogP contribution in [0.2, 0.25) is 0 Å². The number of aromatic amines is 1. The first-order valence-corrected chi connectivity index (χ1v) is 12.7. The third kappa shape index (κ3) is 5.28. The Morgan fingerprint density at radius 1 is 1.03 bits per heavy atom. The lowest BCUT2D eigenvalue weighted by atomic mass is 10.0. The molecule has 0 bridgehead atoms. The number of aryl methyl sites for hydroxylation is 1. The maximum Gasteiger partial charge on any atom is 0.335 e. The standard InChI is InChI=1S/C27H31N9O/c1-4-5-9-24-18-36(26-29-12-13-34(26)16-19(2)3)27(37)35(24)17-23-15-21(10-11-28-23)20-7-6-8-22(14-20)25-30-32-33-31-25/h6-8,10-15,18-19H,4-5,9,16-17H2,1-3H3,(H,30,31,32,33). The molecule has 190 valence electrons. The molecule has 0 amide bonds. The lowest BCUT2D eigenvalue weighted by Crippen LogP contribution is -2.27. The van der Waals surface area contributed by atoms with E-state index in [-0.39, 0.29) is 5.69 Å². The maximum absolute atomic E-state index is 13.6. The highest BCUT2D eigenvalue weighted by Crippen LogP contribution is 2.24. The summed E-state index contributed by atoms with van der Waals surface area (Å²) in [5, 5.41) is 14.1. The molecule has 0 saturated heterocycles. The highest BCUT2D eigenvalue weighted by Gasteiger charge is 2.17. The largest absolute Gasteiger partial charge is 0.335 e. The predicted octanol–water partition coefficient (Wildman–Crippen LogP) is 4.12. The van der Waals surface area contributed by atoms with Crippen LogP contribution in [0.5, 0.6) is 0 Å². The molecule has 37 heavy (non-hydrogen) atoms. The third-order valence-corrected chi connectivity index (χ3v) is 6.27. The van der Waals surface area contributed by atoms with E-state index in [4.69, 9.17) is 0 Å². The number of imidazole rings is 2. The second-order valence-electron chi connectivity index (χ2n) is 9.60. The number of hydrogen-bond donors (Lipinski definition) is 1. The highest BCUT2D eigenvalue weighted by atomic mass is 16.1. The molecule has 10 heteroatoms. The van der Waals surface area contributed by atoms with E-state index < -0.39 is 0 Å². The molecule has 4 aromatic heterocycles. The van der Waals surface area contributed by atoms with E-state index >= 15 is 0 Å². The Bertz CT molecular complexity index is 1530. The van der Waals surface area contributed by atoms with Crippen LogP contribution in [0, 0.1) is 5.92 Å². The van der Waals surface area contributed by atoms with Gasteiger partial charge in [0, 0.05) is 42.6 Å². The number of rotatable bonds is 10. The number of unbranched alkanes of at least 4 members (excludes halogenated alkanes) is 1. The summed E-state index contributed by atoms with van der Waals surface area (Å²) in [4.78, 5) is 22.7. The van der Waals surface area contributed by atoms with Crippen LogP contribution >= 0.6 is 0 Å². The van der Waals surface area contributed by atoms with E-state index in [1.54, 1.807) is 17.0 Å². The van der Waals surface area contributed by atoms with Gasteiger partial charge in [0.1, 0.15) is 0 Å². The van der Waals surface area contributed by atoms with Gasteiger partial charge in [-0.05, 0) is 58.5 Å². The maximum atomic E-state index is 13.6. The molecule has 0 atom stereocenters. The molecule has 0 unspecified atom stereocenters. The van der Waals surface area contributed by atoms with Crippen LogP contribution in [0.15, 0.2) is 66.0 Å². The summed E-state index contributed by atoms with van der Waals surface area (Å²) < 4.78 is 5.54. The first-order valence-electron chi connectivity index (χ1n) is 12.7. The number of pyridine rings is 1.